The Morgan fingerprint density at radius 2 is 2.16 bits per heavy atom. The third kappa shape index (κ3) is 3.03. The second-order valence-electron chi connectivity index (χ2n) is 3.89. The molecule has 19 heavy (non-hydrogen) atoms. The summed E-state index contributed by atoms with van der Waals surface area (Å²) in [6.45, 7) is 5.81. The predicted molar refractivity (Wildman–Crippen MR) is 75.9 cm³/mol. The summed E-state index contributed by atoms with van der Waals surface area (Å²) in [5.41, 5.74) is 1.68. The zero-order valence-electron chi connectivity index (χ0n) is 10.4. The quantitative estimate of drug-likeness (QED) is 0.684. The maximum absolute atomic E-state index is 9.76. The lowest BCUT2D eigenvalue weighted by Gasteiger charge is -1.94. The van der Waals surface area contributed by atoms with E-state index in [-0.39, 0.29) is 5.95 Å². The van der Waals surface area contributed by atoms with E-state index in [9.17, 15) is 5.11 Å². The molecule has 2 rings (SSSR count). The van der Waals surface area contributed by atoms with Gasteiger partial charge in [0, 0.05) is 10.6 Å². The fraction of sp³-hybridized carbons (Fsp3) is 0.143. The monoisotopic (exact) mass is 276 g/mol. The van der Waals surface area contributed by atoms with Gasteiger partial charge in [0.25, 0.3) is 0 Å². The average Bonchev–Trinajstić information content (AvgIpc) is 2.79. The molecule has 98 valence electrons. The van der Waals surface area contributed by atoms with Gasteiger partial charge in [-0.15, -0.1) is 6.58 Å². The van der Waals surface area contributed by atoms with Crippen molar-refractivity contribution in [2.75, 3.05) is 6.54 Å². The van der Waals surface area contributed by atoms with Crippen molar-refractivity contribution in [1.29, 1.82) is 0 Å². The number of aromatic nitrogens is 1. The summed E-state index contributed by atoms with van der Waals surface area (Å²) < 4.78 is 5.24. The normalized spacial score (nSPS) is 11.6. The number of aliphatic imine (C=N–C) groups is 1. The van der Waals surface area contributed by atoms with Crippen LogP contribution in [-0.2, 0) is 0 Å². The highest BCUT2D eigenvalue weighted by Crippen LogP contribution is 2.27. The molecule has 0 fully saturated rings. The van der Waals surface area contributed by atoms with Crippen molar-refractivity contribution >= 4 is 17.3 Å². The zero-order chi connectivity index (χ0) is 13.8. The molecule has 1 aromatic carbocycles. The largest absolute Gasteiger partial charge is 0.479 e. The van der Waals surface area contributed by atoms with Gasteiger partial charge in [0.05, 0.1) is 12.3 Å². The summed E-state index contributed by atoms with van der Waals surface area (Å²) >= 11 is 5.81. The highest BCUT2D eigenvalue weighted by molar-refractivity contribution is 6.30. The van der Waals surface area contributed by atoms with E-state index in [4.69, 9.17) is 16.0 Å². The van der Waals surface area contributed by atoms with Crippen molar-refractivity contribution in [1.82, 2.24) is 4.98 Å². The van der Waals surface area contributed by atoms with Gasteiger partial charge in [0.1, 0.15) is 0 Å². The van der Waals surface area contributed by atoms with Crippen LogP contribution in [-0.4, -0.2) is 22.3 Å². The summed E-state index contributed by atoms with van der Waals surface area (Å²) in [6.07, 6.45) is 1.67. The van der Waals surface area contributed by atoms with Crippen LogP contribution >= 0.6 is 11.6 Å². The molecule has 0 unspecified atom stereocenters. The molecule has 0 radical (unpaired) electrons. The molecule has 5 heteroatoms. The maximum Gasteiger partial charge on any atom is 0.312 e. The molecule has 0 aliphatic carbocycles. The Balaban J connectivity index is 2.35. The van der Waals surface area contributed by atoms with E-state index in [0.717, 1.165) is 5.56 Å². The summed E-state index contributed by atoms with van der Waals surface area (Å²) in [4.78, 5) is 8.43. The van der Waals surface area contributed by atoms with E-state index in [0.29, 0.717) is 28.9 Å². The highest BCUT2D eigenvalue weighted by atomic mass is 35.5. The van der Waals surface area contributed by atoms with E-state index < -0.39 is 0 Å². The van der Waals surface area contributed by atoms with Crippen molar-refractivity contribution in [3.05, 3.63) is 47.6 Å². The van der Waals surface area contributed by atoms with E-state index in [2.05, 4.69) is 16.6 Å². The van der Waals surface area contributed by atoms with Crippen LogP contribution in [0.3, 0.4) is 0 Å². The highest BCUT2D eigenvalue weighted by Gasteiger charge is 2.15. The molecule has 1 N–H and O–H groups in total. The van der Waals surface area contributed by atoms with E-state index >= 15 is 0 Å². The molecular weight excluding hydrogens is 264 g/mol. The van der Waals surface area contributed by atoms with Gasteiger partial charge in [-0.2, -0.15) is 0 Å². The van der Waals surface area contributed by atoms with Crippen molar-refractivity contribution in [3.8, 4) is 17.4 Å². The molecule has 0 atom stereocenters. The Morgan fingerprint density at radius 1 is 1.47 bits per heavy atom. The number of rotatable bonds is 4. The minimum atomic E-state index is -0.240. The second kappa shape index (κ2) is 5.71. The Kier molecular flexibility index (Phi) is 4.02. The smallest absolute Gasteiger partial charge is 0.312 e. The average molecular weight is 277 g/mol. The fourth-order valence-corrected chi connectivity index (χ4v) is 1.67. The predicted octanol–water partition coefficient (Wildman–Crippen LogP) is 3.70. The molecule has 4 nitrogen and oxygen atoms in total. The standard InChI is InChI=1S/C14H13ClN2O2/c1-3-8-16-9(2)12-14(18)19-13(17-12)10-4-6-11(15)7-5-10/h3-7,18H,1,8H2,2H3. The van der Waals surface area contributed by atoms with Crippen molar-refractivity contribution in [2.45, 2.75) is 6.92 Å². The Labute approximate surface area is 116 Å². The van der Waals surface area contributed by atoms with Crippen LogP contribution in [0.15, 0.2) is 46.3 Å². The van der Waals surface area contributed by atoms with Crippen molar-refractivity contribution < 1.29 is 9.52 Å². The molecule has 0 aliphatic heterocycles. The number of hydrogen-bond acceptors (Lipinski definition) is 4. The summed E-state index contributed by atoms with van der Waals surface area (Å²) in [5, 5.41) is 10.4. The van der Waals surface area contributed by atoms with E-state index in [1.807, 2.05) is 0 Å². The number of oxazole rings is 1. The molecular formula is C14H13ClN2O2. The van der Waals surface area contributed by atoms with Gasteiger partial charge in [0.2, 0.25) is 5.89 Å². The van der Waals surface area contributed by atoms with E-state index in [1.165, 1.54) is 0 Å². The number of benzene rings is 1. The first kappa shape index (κ1) is 13.4. The number of halogens is 1. The van der Waals surface area contributed by atoms with Gasteiger partial charge in [-0.05, 0) is 31.2 Å². The van der Waals surface area contributed by atoms with Crippen LogP contribution in [0.4, 0.5) is 0 Å². The molecule has 0 bridgehead atoms. The zero-order valence-corrected chi connectivity index (χ0v) is 11.2. The minimum absolute atomic E-state index is 0.240. The molecule has 0 aliphatic rings. The first-order chi connectivity index (χ1) is 9.11. The minimum Gasteiger partial charge on any atom is -0.479 e. The van der Waals surface area contributed by atoms with Crippen molar-refractivity contribution in [2.24, 2.45) is 4.99 Å². The SMILES string of the molecule is C=CCN=C(C)c1nc(-c2ccc(Cl)cc2)oc1O. The van der Waals surface area contributed by atoms with Crippen LogP contribution in [0.25, 0.3) is 11.5 Å². The van der Waals surface area contributed by atoms with Gasteiger partial charge in [-0.1, -0.05) is 17.7 Å². The number of hydrogen-bond donors (Lipinski definition) is 1. The first-order valence-corrected chi connectivity index (χ1v) is 6.07. The third-order valence-corrected chi connectivity index (χ3v) is 2.75. The molecule has 1 aromatic heterocycles. The lowest BCUT2D eigenvalue weighted by molar-refractivity contribution is 0.336. The molecule has 2 aromatic rings. The van der Waals surface area contributed by atoms with Crippen LogP contribution < -0.4 is 0 Å². The van der Waals surface area contributed by atoms with Gasteiger partial charge in [-0.3, -0.25) is 4.99 Å². The van der Waals surface area contributed by atoms with Gasteiger partial charge in [0.15, 0.2) is 5.69 Å². The topological polar surface area (TPSA) is 58.6 Å². The Morgan fingerprint density at radius 3 is 2.79 bits per heavy atom. The summed E-state index contributed by atoms with van der Waals surface area (Å²) in [5.74, 6) is 0.0904. The molecule has 0 saturated carbocycles. The maximum atomic E-state index is 9.76. The van der Waals surface area contributed by atoms with Crippen LogP contribution in [0, 0.1) is 0 Å². The van der Waals surface area contributed by atoms with Crippen molar-refractivity contribution in [3.63, 3.8) is 0 Å². The van der Waals surface area contributed by atoms with Crippen LogP contribution in [0.2, 0.25) is 5.02 Å². The van der Waals surface area contributed by atoms with Gasteiger partial charge < -0.3 is 9.52 Å². The summed E-state index contributed by atoms with van der Waals surface area (Å²) in [7, 11) is 0. The third-order valence-electron chi connectivity index (χ3n) is 2.50. The first-order valence-electron chi connectivity index (χ1n) is 5.70. The molecule has 0 saturated heterocycles. The van der Waals surface area contributed by atoms with Gasteiger partial charge in [-0.25, -0.2) is 4.98 Å². The Bertz CT molecular complexity index is 615. The molecule has 0 amide bonds. The summed E-state index contributed by atoms with van der Waals surface area (Å²) in [6, 6.07) is 7.01. The Hall–Kier alpha value is -2.07. The van der Waals surface area contributed by atoms with Crippen LogP contribution in [0.5, 0.6) is 5.95 Å². The molecule has 0 spiro atoms. The lowest BCUT2D eigenvalue weighted by Crippen LogP contribution is -1.96. The number of aromatic hydroxyl groups is 1. The number of nitrogens with zero attached hydrogens (tertiary/aromatic N) is 2. The van der Waals surface area contributed by atoms with Gasteiger partial charge >= 0.3 is 5.95 Å². The molecule has 1 heterocycles. The van der Waals surface area contributed by atoms with Crippen LogP contribution in [0.1, 0.15) is 12.6 Å². The lowest BCUT2D eigenvalue weighted by atomic mass is 10.2. The van der Waals surface area contributed by atoms with E-state index in [1.54, 1.807) is 37.3 Å². The fourth-order valence-electron chi connectivity index (χ4n) is 1.54. The second-order valence-corrected chi connectivity index (χ2v) is 4.33.